The van der Waals surface area contributed by atoms with E-state index in [9.17, 15) is 19.0 Å². The molecule has 0 aromatic rings. The van der Waals surface area contributed by atoms with Crippen LogP contribution in [0.25, 0.3) is 0 Å². The molecule has 9 nitrogen and oxygen atoms in total. The molecule has 0 saturated heterocycles. The van der Waals surface area contributed by atoms with Gasteiger partial charge in [-0.3, -0.25) is 14.2 Å². The minimum Gasteiger partial charge on any atom is -0.756 e. The number of rotatable bonds is 50. The molecule has 70 heavy (non-hydrogen) atoms. The van der Waals surface area contributed by atoms with Gasteiger partial charge in [0.1, 0.15) is 19.3 Å². The molecule has 0 radical (unpaired) electrons. The van der Waals surface area contributed by atoms with Crippen LogP contribution in [-0.4, -0.2) is 69.4 Å². The molecule has 0 aliphatic rings. The van der Waals surface area contributed by atoms with Gasteiger partial charge in [-0.25, -0.2) is 0 Å². The summed E-state index contributed by atoms with van der Waals surface area (Å²) in [6.07, 6.45) is 64.0. The highest BCUT2D eigenvalue weighted by Crippen LogP contribution is 2.38. The summed E-state index contributed by atoms with van der Waals surface area (Å²) in [6, 6.07) is -0.907. The number of hydrogen-bond donors (Lipinski definition) is 1. The second-order valence-corrected chi connectivity index (χ2v) is 21.5. The molecule has 0 aliphatic carbocycles. The van der Waals surface area contributed by atoms with E-state index in [1.807, 2.05) is 33.3 Å². The summed E-state index contributed by atoms with van der Waals surface area (Å²) in [5.41, 5.74) is 0. The average molecular weight is 999 g/mol. The summed E-state index contributed by atoms with van der Waals surface area (Å²) in [4.78, 5) is 39.8. The summed E-state index contributed by atoms with van der Waals surface area (Å²) >= 11 is 0. The number of nitrogens with one attached hydrogen (secondary N) is 1. The third-order valence-electron chi connectivity index (χ3n) is 12.1. The monoisotopic (exact) mass is 999 g/mol. The van der Waals surface area contributed by atoms with Crippen LogP contribution >= 0.6 is 7.82 Å². The number of likely N-dealkylation sites (N-methyl/N-ethyl adjacent to an activating group) is 1. The lowest BCUT2D eigenvalue weighted by atomic mass is 10.0. The quantitative estimate of drug-likeness (QED) is 0.0161. The van der Waals surface area contributed by atoms with E-state index in [1.165, 1.54) is 96.3 Å². The maximum atomic E-state index is 13.5. The van der Waals surface area contributed by atoms with Gasteiger partial charge in [0.25, 0.3) is 7.82 Å². The van der Waals surface area contributed by atoms with Gasteiger partial charge in [0.05, 0.1) is 33.8 Å². The second-order valence-electron chi connectivity index (χ2n) is 20.1. The average Bonchev–Trinajstić information content (AvgIpc) is 3.32. The van der Waals surface area contributed by atoms with E-state index < -0.39 is 26.6 Å². The van der Waals surface area contributed by atoms with Crippen LogP contribution < -0.4 is 10.2 Å². The Balaban J connectivity index is 5.42. The normalized spacial score (nSPS) is 14.4. The fourth-order valence-corrected chi connectivity index (χ4v) is 8.43. The number of nitrogens with zero attached hydrogens (tertiary/aromatic N) is 1. The summed E-state index contributed by atoms with van der Waals surface area (Å²) in [5, 5.41) is 3.00. The van der Waals surface area contributed by atoms with Crippen molar-refractivity contribution < 1.29 is 37.3 Å². The van der Waals surface area contributed by atoms with Crippen molar-refractivity contribution in [2.45, 2.75) is 245 Å². The number of amides is 1. The van der Waals surface area contributed by atoms with Crippen LogP contribution in [0.5, 0.6) is 0 Å². The molecule has 3 unspecified atom stereocenters. The van der Waals surface area contributed by atoms with E-state index in [2.05, 4.69) is 99.0 Å². The Morgan fingerprint density at radius 1 is 0.529 bits per heavy atom. The number of phosphoric ester groups is 1. The van der Waals surface area contributed by atoms with Crippen molar-refractivity contribution >= 4 is 19.7 Å². The first-order valence-electron chi connectivity index (χ1n) is 28.4. The molecule has 3 atom stereocenters. The van der Waals surface area contributed by atoms with Crippen LogP contribution in [0.15, 0.2) is 85.1 Å². The lowest BCUT2D eigenvalue weighted by Gasteiger charge is -2.30. The topological polar surface area (TPSA) is 114 Å². The Kier molecular flexibility index (Phi) is 47.8. The predicted molar refractivity (Wildman–Crippen MR) is 298 cm³/mol. The number of hydrogen-bond acceptors (Lipinski definition) is 7. The van der Waals surface area contributed by atoms with Crippen molar-refractivity contribution in [1.29, 1.82) is 0 Å². The van der Waals surface area contributed by atoms with Crippen LogP contribution in [0.2, 0.25) is 0 Å². The minimum absolute atomic E-state index is 0.0324. The molecule has 0 aromatic heterocycles. The third kappa shape index (κ3) is 50.1. The van der Waals surface area contributed by atoms with Gasteiger partial charge in [-0.05, 0) is 89.5 Å². The molecule has 0 bridgehead atoms. The standard InChI is InChI=1S/C60H107N2O7P/c1-7-10-13-16-19-22-25-28-30-31-33-35-38-41-44-47-50-53-60(64)69-58(51-48-45-42-39-36-27-24-21-18-15-12-9-3)57(56-68-70(65,66)67-55-54-62(4,5)6)61-59(63)52-49-46-43-40-37-34-32-29-26-23-20-17-14-11-8-2/h11,14,17,19-20,22-23,26,28,30,33,35,48,51,57-58H,7-10,12-13,15-16,18,21,24-25,27,29,31-32,34,36-47,49-50,52-56H2,1-6H3,(H-,61,63,65,66)/b14-11+,20-17+,22-19-,26-23+,30-28-,35-33-,51-48+. The molecular formula is C60H107N2O7P. The maximum Gasteiger partial charge on any atom is 0.306 e. The summed E-state index contributed by atoms with van der Waals surface area (Å²) in [6.45, 7) is 6.64. The van der Waals surface area contributed by atoms with E-state index >= 15 is 0 Å². The molecule has 1 N–H and O–H groups in total. The van der Waals surface area contributed by atoms with Gasteiger partial charge in [0.2, 0.25) is 5.91 Å². The molecule has 10 heteroatoms. The van der Waals surface area contributed by atoms with Gasteiger partial charge in [0.15, 0.2) is 0 Å². The van der Waals surface area contributed by atoms with Gasteiger partial charge in [-0.2, -0.15) is 0 Å². The first-order valence-corrected chi connectivity index (χ1v) is 29.9. The first-order chi connectivity index (χ1) is 33.9. The summed E-state index contributed by atoms with van der Waals surface area (Å²) < 4.78 is 30.2. The molecule has 0 aliphatic heterocycles. The SMILES string of the molecule is CC/C=C/C=C/C=C/CCCCCCCCCC(=O)NC(COP(=O)([O-])OCC[N+](C)(C)C)C(/C=C/CCCCCCCCCCCC)OC(=O)CCCCCC/C=C\C/C=C\C/C=C\CCCCC. The number of phosphoric acid groups is 1. The highest BCUT2D eigenvalue weighted by atomic mass is 31.2. The number of carbonyl (C=O) groups excluding carboxylic acids is 2. The number of carbonyl (C=O) groups is 2. The number of esters is 1. The van der Waals surface area contributed by atoms with Gasteiger partial charge in [-0.1, -0.05) is 215 Å². The van der Waals surface area contributed by atoms with Gasteiger partial charge >= 0.3 is 5.97 Å². The van der Waals surface area contributed by atoms with Gasteiger partial charge in [-0.15, -0.1) is 0 Å². The van der Waals surface area contributed by atoms with Crippen LogP contribution in [0.3, 0.4) is 0 Å². The predicted octanol–water partition coefficient (Wildman–Crippen LogP) is 16.4. The van der Waals surface area contributed by atoms with Crippen LogP contribution in [0.1, 0.15) is 233 Å². The molecule has 404 valence electrons. The zero-order chi connectivity index (χ0) is 51.5. The highest BCUT2D eigenvalue weighted by molar-refractivity contribution is 7.45. The number of unbranched alkanes of at least 4 members (excludes halogenated alkanes) is 24. The van der Waals surface area contributed by atoms with Crippen LogP contribution in [-0.2, 0) is 27.9 Å². The van der Waals surface area contributed by atoms with Crippen molar-refractivity contribution in [3.05, 3.63) is 85.1 Å². The Labute approximate surface area is 431 Å². The lowest BCUT2D eigenvalue weighted by molar-refractivity contribution is -0.870. The van der Waals surface area contributed by atoms with Crippen molar-refractivity contribution in [1.82, 2.24) is 5.32 Å². The highest BCUT2D eigenvalue weighted by Gasteiger charge is 2.27. The van der Waals surface area contributed by atoms with Gasteiger partial charge < -0.3 is 28.5 Å². The van der Waals surface area contributed by atoms with E-state index in [0.29, 0.717) is 23.9 Å². The molecular weight excluding hydrogens is 892 g/mol. The van der Waals surface area contributed by atoms with Gasteiger partial charge in [0, 0.05) is 12.8 Å². The van der Waals surface area contributed by atoms with E-state index in [4.69, 9.17) is 13.8 Å². The second kappa shape index (κ2) is 49.8. The fourth-order valence-electron chi connectivity index (χ4n) is 7.70. The zero-order valence-electron chi connectivity index (χ0n) is 45.9. The number of ether oxygens (including phenoxy) is 1. The van der Waals surface area contributed by atoms with Crippen LogP contribution in [0, 0.1) is 0 Å². The van der Waals surface area contributed by atoms with E-state index in [-0.39, 0.29) is 24.9 Å². The third-order valence-corrected chi connectivity index (χ3v) is 13.1. The fraction of sp³-hybridized carbons (Fsp3) is 0.733. The molecule has 0 saturated carbocycles. The summed E-state index contributed by atoms with van der Waals surface area (Å²) in [7, 11) is 1.15. The zero-order valence-corrected chi connectivity index (χ0v) is 46.8. The molecule has 1 amide bonds. The smallest absolute Gasteiger partial charge is 0.306 e. The van der Waals surface area contributed by atoms with Crippen molar-refractivity contribution in [2.24, 2.45) is 0 Å². The number of quaternary nitrogens is 1. The first kappa shape index (κ1) is 67.2. The Hall–Kier alpha value is -2.81. The maximum absolute atomic E-state index is 13.5. The largest absolute Gasteiger partial charge is 0.756 e. The number of allylic oxidation sites excluding steroid dienone is 13. The summed E-state index contributed by atoms with van der Waals surface area (Å²) in [5.74, 6) is -0.585. The van der Waals surface area contributed by atoms with Crippen molar-refractivity contribution in [3.63, 3.8) is 0 Å². The Bertz CT molecular complexity index is 1480. The molecule has 0 aromatic carbocycles. The van der Waals surface area contributed by atoms with Crippen molar-refractivity contribution in [2.75, 3.05) is 40.9 Å². The lowest BCUT2D eigenvalue weighted by Crippen LogP contribution is -2.47. The molecule has 0 heterocycles. The van der Waals surface area contributed by atoms with E-state index in [0.717, 1.165) is 96.3 Å². The Morgan fingerprint density at radius 2 is 0.971 bits per heavy atom. The van der Waals surface area contributed by atoms with E-state index in [1.54, 1.807) is 0 Å². The molecule has 0 fully saturated rings. The van der Waals surface area contributed by atoms with Crippen LogP contribution in [0.4, 0.5) is 0 Å². The molecule has 0 rings (SSSR count). The molecule has 0 spiro atoms. The Morgan fingerprint density at radius 3 is 1.51 bits per heavy atom. The van der Waals surface area contributed by atoms with Crippen molar-refractivity contribution in [3.8, 4) is 0 Å². The minimum atomic E-state index is -4.71.